The fourth-order valence-electron chi connectivity index (χ4n) is 3.09. The largest absolute Gasteiger partial charge is 0.392 e. The number of carbonyl (C=O) groups is 1. The van der Waals surface area contributed by atoms with Gasteiger partial charge in [-0.3, -0.25) is 9.69 Å². The third kappa shape index (κ3) is 3.68. The molecule has 0 fully saturated rings. The maximum absolute atomic E-state index is 13.3. The van der Waals surface area contributed by atoms with Gasteiger partial charge in [0.05, 0.1) is 6.61 Å². The van der Waals surface area contributed by atoms with Crippen LogP contribution < -0.4 is 15.1 Å². The second-order valence-corrected chi connectivity index (χ2v) is 6.44. The monoisotopic (exact) mass is 383 g/mol. The van der Waals surface area contributed by atoms with Crippen LogP contribution in [0.5, 0.6) is 0 Å². The van der Waals surface area contributed by atoms with E-state index in [2.05, 4.69) is 10.3 Å². The van der Waals surface area contributed by atoms with Gasteiger partial charge in [0.25, 0.3) is 5.91 Å². The molecule has 142 valence electrons. The van der Waals surface area contributed by atoms with Gasteiger partial charge in [-0.15, -0.1) is 0 Å². The molecule has 0 saturated carbocycles. The molecule has 2 aliphatic rings. The summed E-state index contributed by atoms with van der Waals surface area (Å²) in [5, 5.41) is 11.8. The second-order valence-electron chi connectivity index (χ2n) is 6.44. The molecule has 0 spiro atoms. The summed E-state index contributed by atoms with van der Waals surface area (Å²) >= 11 is 0. The zero-order chi connectivity index (χ0) is 19.7. The number of amides is 1. The summed E-state index contributed by atoms with van der Waals surface area (Å²) in [6.07, 6.45) is 5.31. The highest BCUT2D eigenvalue weighted by atomic mass is 19.1. The first-order valence-corrected chi connectivity index (χ1v) is 8.60. The van der Waals surface area contributed by atoms with Gasteiger partial charge in [-0.1, -0.05) is 12.1 Å². The molecular formula is C20H17F2N4O2+. The molecule has 1 atom stereocenters. The van der Waals surface area contributed by atoms with E-state index in [0.29, 0.717) is 12.5 Å². The summed E-state index contributed by atoms with van der Waals surface area (Å²) in [5.74, 6) is -1.41. The minimum absolute atomic E-state index is 0.0291. The van der Waals surface area contributed by atoms with Gasteiger partial charge in [-0.25, -0.2) is 13.7 Å². The lowest BCUT2D eigenvalue weighted by Gasteiger charge is -2.26. The number of hydrogen-bond acceptors (Lipinski definition) is 4. The zero-order valence-corrected chi connectivity index (χ0v) is 14.7. The Kier molecular flexibility index (Phi) is 4.72. The molecule has 0 bridgehead atoms. The van der Waals surface area contributed by atoms with E-state index in [9.17, 15) is 18.7 Å². The van der Waals surface area contributed by atoms with Crippen molar-refractivity contribution in [1.82, 2.24) is 0 Å². The number of fused-ring (bicyclic) bond motifs is 1. The van der Waals surface area contributed by atoms with Crippen molar-refractivity contribution < 1.29 is 23.6 Å². The first kappa shape index (κ1) is 18.0. The molecule has 2 aliphatic heterocycles. The lowest BCUT2D eigenvalue weighted by Crippen LogP contribution is -3.11. The van der Waals surface area contributed by atoms with E-state index in [1.807, 2.05) is 35.4 Å². The summed E-state index contributed by atoms with van der Waals surface area (Å²) in [7, 11) is 0. The molecule has 1 amide bonds. The summed E-state index contributed by atoms with van der Waals surface area (Å²) in [6, 6.07) is 10.3. The van der Waals surface area contributed by atoms with Crippen LogP contribution in [0, 0.1) is 11.6 Å². The smallest absolute Gasteiger partial charge is 0.280 e. The molecule has 0 aliphatic carbocycles. The van der Waals surface area contributed by atoms with E-state index >= 15 is 0 Å². The molecule has 0 aromatic heterocycles. The molecule has 4 rings (SSSR count). The average molecular weight is 383 g/mol. The van der Waals surface area contributed by atoms with Gasteiger partial charge < -0.3 is 10.4 Å². The minimum Gasteiger partial charge on any atom is -0.392 e. The predicted molar refractivity (Wildman–Crippen MR) is 100 cm³/mol. The van der Waals surface area contributed by atoms with Crippen LogP contribution in [0.25, 0.3) is 0 Å². The number of rotatable bonds is 4. The van der Waals surface area contributed by atoms with E-state index in [4.69, 9.17) is 0 Å². The average Bonchev–Trinajstić information content (AvgIpc) is 3.10. The van der Waals surface area contributed by atoms with Gasteiger partial charge in [0.15, 0.2) is 12.4 Å². The van der Waals surface area contributed by atoms with Crippen molar-refractivity contribution in [2.45, 2.75) is 6.61 Å². The van der Waals surface area contributed by atoms with Gasteiger partial charge in [0.1, 0.15) is 17.8 Å². The fourth-order valence-corrected chi connectivity index (χ4v) is 3.09. The second kappa shape index (κ2) is 7.34. The molecule has 1 unspecified atom stereocenters. The summed E-state index contributed by atoms with van der Waals surface area (Å²) in [5.41, 5.74) is 1.92. The zero-order valence-electron chi connectivity index (χ0n) is 14.7. The predicted octanol–water partition coefficient (Wildman–Crippen LogP) is 1.53. The Labute approximate surface area is 159 Å². The molecule has 2 aromatic rings. The summed E-state index contributed by atoms with van der Waals surface area (Å²) in [6.45, 7) is 0.467. The van der Waals surface area contributed by atoms with Crippen molar-refractivity contribution in [2.24, 2.45) is 4.99 Å². The number of anilines is 2. The first-order chi connectivity index (χ1) is 13.5. The Morgan fingerprint density at radius 3 is 2.75 bits per heavy atom. The number of carbonyl (C=O) groups excluding carboxylic acids is 1. The number of quaternary nitrogens is 1. The SMILES string of the molecule is O=C(Nc1cc(F)cc(F)c1)C1=C[NH+]2CN(c3cccc(CO)c3)C=CC2=N1. The van der Waals surface area contributed by atoms with E-state index in [-0.39, 0.29) is 18.0 Å². The number of nitrogens with one attached hydrogen (secondary N) is 2. The quantitative estimate of drug-likeness (QED) is 0.750. The van der Waals surface area contributed by atoms with Gasteiger partial charge in [0, 0.05) is 29.7 Å². The van der Waals surface area contributed by atoms with Crippen LogP contribution in [0.1, 0.15) is 5.56 Å². The third-order valence-corrected chi connectivity index (χ3v) is 4.41. The molecule has 8 heteroatoms. The van der Waals surface area contributed by atoms with Crippen LogP contribution >= 0.6 is 0 Å². The Morgan fingerprint density at radius 1 is 1.21 bits per heavy atom. The van der Waals surface area contributed by atoms with Crippen molar-refractivity contribution in [3.05, 3.63) is 83.8 Å². The Balaban J connectivity index is 1.49. The van der Waals surface area contributed by atoms with Gasteiger partial charge in [-0.05, 0) is 29.8 Å². The number of nitrogens with zero attached hydrogens (tertiary/aromatic N) is 2. The maximum Gasteiger partial charge on any atom is 0.280 e. The Bertz CT molecular complexity index is 1010. The van der Waals surface area contributed by atoms with E-state index in [1.165, 1.54) is 0 Å². The van der Waals surface area contributed by atoms with Crippen LogP contribution in [-0.2, 0) is 11.4 Å². The molecule has 2 aromatic carbocycles. The van der Waals surface area contributed by atoms with Crippen LogP contribution in [0.4, 0.5) is 20.2 Å². The fraction of sp³-hybridized carbons (Fsp3) is 0.100. The number of benzene rings is 2. The van der Waals surface area contributed by atoms with Gasteiger partial charge in [0.2, 0.25) is 5.84 Å². The van der Waals surface area contributed by atoms with Crippen molar-refractivity contribution in [3.63, 3.8) is 0 Å². The van der Waals surface area contributed by atoms with Crippen molar-refractivity contribution in [3.8, 4) is 0 Å². The van der Waals surface area contributed by atoms with Gasteiger partial charge >= 0.3 is 0 Å². The number of amidine groups is 1. The van der Waals surface area contributed by atoms with E-state index in [1.54, 1.807) is 12.3 Å². The highest BCUT2D eigenvalue weighted by Crippen LogP contribution is 2.18. The normalized spacial score (nSPS) is 17.8. The molecule has 2 heterocycles. The molecule has 0 radical (unpaired) electrons. The number of halogens is 2. The maximum atomic E-state index is 13.3. The van der Waals surface area contributed by atoms with Crippen molar-refractivity contribution >= 4 is 23.1 Å². The van der Waals surface area contributed by atoms with E-state index < -0.39 is 17.5 Å². The van der Waals surface area contributed by atoms with Crippen molar-refractivity contribution in [1.29, 1.82) is 0 Å². The summed E-state index contributed by atoms with van der Waals surface area (Å²) in [4.78, 5) is 19.5. The number of hydrogen-bond donors (Lipinski definition) is 3. The number of aliphatic hydroxyl groups is 1. The molecule has 0 saturated heterocycles. The molecule has 3 N–H and O–H groups in total. The standard InChI is InChI=1S/C20H16F2N4O2/c21-14-7-15(22)9-16(8-14)23-20(28)18-10-26-12-25(5-4-19(26)24-18)17-3-1-2-13(6-17)11-27/h1-10,27H,11-12H2,(H,23,28)/p+1. The lowest BCUT2D eigenvalue weighted by molar-refractivity contribution is -0.742. The van der Waals surface area contributed by atoms with Crippen LogP contribution in [0.3, 0.4) is 0 Å². The van der Waals surface area contributed by atoms with Gasteiger partial charge in [-0.2, -0.15) is 4.99 Å². The third-order valence-electron chi connectivity index (χ3n) is 4.41. The molecule has 6 nitrogen and oxygen atoms in total. The highest BCUT2D eigenvalue weighted by molar-refractivity contribution is 6.06. The van der Waals surface area contributed by atoms with Crippen LogP contribution in [-0.4, -0.2) is 23.5 Å². The van der Waals surface area contributed by atoms with Crippen LogP contribution in [0.2, 0.25) is 0 Å². The molecule has 28 heavy (non-hydrogen) atoms. The Hall–Kier alpha value is -3.36. The number of aliphatic imine (C=N–C) groups is 1. The van der Waals surface area contributed by atoms with Crippen molar-refractivity contribution in [2.75, 3.05) is 16.9 Å². The molecular weight excluding hydrogens is 366 g/mol. The Morgan fingerprint density at radius 2 is 2.00 bits per heavy atom. The summed E-state index contributed by atoms with van der Waals surface area (Å²) < 4.78 is 26.6. The topological polar surface area (TPSA) is 69.4 Å². The highest BCUT2D eigenvalue weighted by Gasteiger charge is 2.30. The van der Waals surface area contributed by atoms with E-state index in [0.717, 1.165) is 34.3 Å². The lowest BCUT2D eigenvalue weighted by atomic mass is 10.2. The number of aliphatic hydroxyl groups excluding tert-OH is 1. The minimum atomic E-state index is -0.770. The first-order valence-electron chi connectivity index (χ1n) is 8.60. The van der Waals surface area contributed by atoms with Crippen LogP contribution in [0.15, 0.2) is 71.6 Å².